The van der Waals surface area contributed by atoms with Gasteiger partial charge < -0.3 is 9.84 Å². The van der Waals surface area contributed by atoms with E-state index in [1.807, 2.05) is 0 Å². The van der Waals surface area contributed by atoms with Crippen molar-refractivity contribution in [3.8, 4) is 11.5 Å². The monoisotopic (exact) mass is 275 g/mol. The lowest BCUT2D eigenvalue weighted by Gasteiger charge is -2.20. The summed E-state index contributed by atoms with van der Waals surface area (Å²) in [6.07, 6.45) is 6.92. The zero-order chi connectivity index (χ0) is 14.4. The maximum atomic E-state index is 5.40. The van der Waals surface area contributed by atoms with Crippen molar-refractivity contribution in [3.63, 3.8) is 0 Å². The lowest BCUT2D eigenvalue weighted by molar-refractivity contribution is 0.316. The Labute approximate surface area is 119 Å². The zero-order valence-corrected chi connectivity index (χ0v) is 12.2. The fourth-order valence-corrected chi connectivity index (χ4v) is 2.16. The van der Waals surface area contributed by atoms with Crippen molar-refractivity contribution in [1.29, 1.82) is 0 Å². The van der Waals surface area contributed by atoms with E-state index in [1.54, 1.807) is 18.6 Å². The first-order valence-corrected chi connectivity index (χ1v) is 7.09. The summed E-state index contributed by atoms with van der Waals surface area (Å²) in [5, 5.41) is 7.48. The molecular weight excluding hydrogens is 254 g/mol. The van der Waals surface area contributed by atoms with Gasteiger partial charge in [-0.3, -0.25) is 4.98 Å². The Bertz CT molecular complexity index is 513. The second-order valence-electron chi connectivity index (χ2n) is 4.80. The minimum atomic E-state index is 0.208. The van der Waals surface area contributed by atoms with Crippen LogP contribution in [0.1, 0.15) is 45.4 Å². The minimum absolute atomic E-state index is 0.208. The van der Waals surface area contributed by atoms with Gasteiger partial charge in [-0.1, -0.05) is 19.0 Å². The van der Waals surface area contributed by atoms with Gasteiger partial charge in [0.15, 0.2) is 0 Å². The summed E-state index contributed by atoms with van der Waals surface area (Å²) in [7, 11) is 0. The molecule has 0 aliphatic heterocycles. The molecule has 2 aromatic heterocycles. The van der Waals surface area contributed by atoms with Crippen LogP contribution in [0.5, 0.6) is 0 Å². The van der Waals surface area contributed by atoms with Gasteiger partial charge in [0, 0.05) is 18.4 Å². The Kier molecular flexibility index (Phi) is 5.17. The highest BCUT2D eigenvalue weighted by Crippen LogP contribution is 2.23. The molecule has 0 saturated carbocycles. The fourth-order valence-electron chi connectivity index (χ4n) is 2.16. The Balaban J connectivity index is 2.14. The quantitative estimate of drug-likeness (QED) is 0.836. The van der Waals surface area contributed by atoms with Gasteiger partial charge in [-0.25, -0.2) is 4.98 Å². The summed E-state index contributed by atoms with van der Waals surface area (Å²) in [6, 6.07) is 0.301. The first-order valence-electron chi connectivity index (χ1n) is 7.09. The number of rotatable bonds is 7. The van der Waals surface area contributed by atoms with Crippen molar-refractivity contribution in [2.75, 3.05) is 6.54 Å². The molecule has 2 heterocycles. The third kappa shape index (κ3) is 3.39. The first kappa shape index (κ1) is 14.6. The molecule has 0 bridgehead atoms. The molecule has 2 rings (SSSR count). The molecule has 6 heteroatoms. The molecule has 2 aromatic rings. The van der Waals surface area contributed by atoms with Crippen LogP contribution in [0.3, 0.4) is 0 Å². The van der Waals surface area contributed by atoms with E-state index < -0.39 is 0 Å². The van der Waals surface area contributed by atoms with Crippen molar-refractivity contribution in [2.45, 2.75) is 45.6 Å². The van der Waals surface area contributed by atoms with Crippen molar-refractivity contribution in [3.05, 3.63) is 24.5 Å². The van der Waals surface area contributed by atoms with Crippen LogP contribution in [0.15, 0.2) is 23.1 Å². The molecule has 108 valence electrons. The van der Waals surface area contributed by atoms with E-state index in [0.29, 0.717) is 23.5 Å². The van der Waals surface area contributed by atoms with Crippen molar-refractivity contribution in [1.82, 2.24) is 25.4 Å². The van der Waals surface area contributed by atoms with E-state index >= 15 is 0 Å². The molecule has 1 N–H and O–H groups in total. The molecule has 0 fully saturated rings. The predicted molar refractivity (Wildman–Crippen MR) is 76.1 cm³/mol. The first-order chi connectivity index (χ1) is 9.76. The van der Waals surface area contributed by atoms with Gasteiger partial charge >= 0.3 is 0 Å². The summed E-state index contributed by atoms with van der Waals surface area (Å²) in [5.41, 5.74) is 0.631. The highest BCUT2D eigenvalue weighted by molar-refractivity contribution is 5.45. The van der Waals surface area contributed by atoms with E-state index in [1.165, 1.54) is 0 Å². The van der Waals surface area contributed by atoms with Crippen LogP contribution < -0.4 is 5.32 Å². The highest BCUT2D eigenvalue weighted by atomic mass is 16.5. The molecule has 0 aliphatic rings. The molecular formula is C14H21N5O. The molecule has 2 atom stereocenters. The second kappa shape index (κ2) is 7.09. The maximum absolute atomic E-state index is 5.40. The van der Waals surface area contributed by atoms with Gasteiger partial charge in [0.05, 0.1) is 12.1 Å². The molecule has 6 nitrogen and oxygen atoms in total. The van der Waals surface area contributed by atoms with Crippen LogP contribution in [-0.2, 0) is 0 Å². The lowest BCUT2D eigenvalue weighted by Crippen LogP contribution is -2.32. The van der Waals surface area contributed by atoms with Crippen LogP contribution in [0.2, 0.25) is 0 Å². The van der Waals surface area contributed by atoms with Crippen LogP contribution in [0.4, 0.5) is 0 Å². The second-order valence-corrected chi connectivity index (χ2v) is 4.80. The minimum Gasteiger partial charge on any atom is -0.339 e. The zero-order valence-electron chi connectivity index (χ0n) is 12.2. The predicted octanol–water partition coefficient (Wildman–Crippen LogP) is 2.41. The molecule has 0 spiro atoms. The van der Waals surface area contributed by atoms with Crippen molar-refractivity contribution >= 4 is 0 Å². The molecule has 0 saturated heterocycles. The van der Waals surface area contributed by atoms with Gasteiger partial charge in [-0.15, -0.1) is 0 Å². The molecule has 0 aromatic carbocycles. The summed E-state index contributed by atoms with van der Waals surface area (Å²) in [5.74, 6) is 1.36. The summed E-state index contributed by atoms with van der Waals surface area (Å²) < 4.78 is 5.40. The van der Waals surface area contributed by atoms with Crippen molar-refractivity contribution in [2.24, 2.45) is 0 Å². The maximum Gasteiger partial charge on any atom is 0.231 e. The van der Waals surface area contributed by atoms with Gasteiger partial charge in [-0.05, 0) is 26.3 Å². The summed E-state index contributed by atoms with van der Waals surface area (Å²) >= 11 is 0. The largest absolute Gasteiger partial charge is 0.339 e. The normalized spacial score (nSPS) is 14.2. The fraction of sp³-hybridized carbons (Fsp3) is 0.571. The number of aromatic nitrogens is 4. The van der Waals surface area contributed by atoms with Gasteiger partial charge in [0.2, 0.25) is 11.7 Å². The number of hydrogen-bond acceptors (Lipinski definition) is 6. The Morgan fingerprint density at radius 3 is 2.80 bits per heavy atom. The van der Waals surface area contributed by atoms with E-state index in [2.05, 4.69) is 46.2 Å². The smallest absolute Gasteiger partial charge is 0.231 e. The third-order valence-corrected chi connectivity index (χ3v) is 3.31. The third-order valence-electron chi connectivity index (χ3n) is 3.31. The Morgan fingerprint density at radius 2 is 2.15 bits per heavy atom. The van der Waals surface area contributed by atoms with E-state index in [0.717, 1.165) is 19.4 Å². The number of nitrogens with one attached hydrogen (secondary N) is 1. The standard InChI is InChI=1S/C14H21N5O/c1-4-6-16-10(3)11(5-2)14-18-13(19-20-14)12-9-15-7-8-17-12/h7-11,16H,4-6H2,1-3H3. The van der Waals surface area contributed by atoms with Gasteiger partial charge in [0.25, 0.3) is 0 Å². The number of hydrogen-bond donors (Lipinski definition) is 1. The average Bonchev–Trinajstić information content (AvgIpc) is 2.96. The van der Waals surface area contributed by atoms with E-state index in [4.69, 9.17) is 4.52 Å². The molecule has 0 radical (unpaired) electrons. The highest BCUT2D eigenvalue weighted by Gasteiger charge is 2.23. The topological polar surface area (TPSA) is 76.7 Å². The number of nitrogens with zero attached hydrogens (tertiary/aromatic N) is 4. The molecule has 20 heavy (non-hydrogen) atoms. The lowest BCUT2D eigenvalue weighted by atomic mass is 9.98. The average molecular weight is 275 g/mol. The Hall–Kier alpha value is -1.82. The van der Waals surface area contributed by atoms with Crippen LogP contribution in [0, 0.1) is 0 Å². The molecule has 0 amide bonds. The van der Waals surface area contributed by atoms with Gasteiger partial charge in [-0.2, -0.15) is 4.98 Å². The molecule has 2 unspecified atom stereocenters. The SMILES string of the molecule is CCCNC(C)C(CC)c1nc(-c2cnccn2)no1. The summed E-state index contributed by atoms with van der Waals surface area (Å²) in [6.45, 7) is 7.42. The van der Waals surface area contributed by atoms with Crippen LogP contribution in [0.25, 0.3) is 11.5 Å². The molecule has 0 aliphatic carbocycles. The van der Waals surface area contributed by atoms with Gasteiger partial charge in [0.1, 0.15) is 5.69 Å². The van der Waals surface area contributed by atoms with Crippen LogP contribution >= 0.6 is 0 Å². The van der Waals surface area contributed by atoms with Crippen LogP contribution in [-0.4, -0.2) is 32.7 Å². The van der Waals surface area contributed by atoms with E-state index in [9.17, 15) is 0 Å². The van der Waals surface area contributed by atoms with E-state index in [-0.39, 0.29) is 5.92 Å². The van der Waals surface area contributed by atoms with Crippen molar-refractivity contribution < 1.29 is 4.52 Å². The summed E-state index contributed by atoms with van der Waals surface area (Å²) in [4.78, 5) is 12.7. The Morgan fingerprint density at radius 1 is 1.30 bits per heavy atom.